The highest BCUT2D eigenvalue weighted by Crippen LogP contribution is 2.49. The van der Waals surface area contributed by atoms with E-state index < -0.39 is 0 Å². The van der Waals surface area contributed by atoms with Gasteiger partial charge in [0.1, 0.15) is 0 Å². The molecule has 0 nitrogen and oxygen atoms in total. The van der Waals surface area contributed by atoms with Gasteiger partial charge in [0.2, 0.25) is 0 Å². The minimum atomic E-state index is 0.630. The summed E-state index contributed by atoms with van der Waals surface area (Å²) in [6.45, 7) is 9.57. The van der Waals surface area contributed by atoms with Crippen LogP contribution in [0, 0.1) is 10.8 Å². The van der Waals surface area contributed by atoms with E-state index in [1.54, 1.807) is 0 Å². The van der Waals surface area contributed by atoms with Crippen LogP contribution in [0.5, 0.6) is 0 Å². The van der Waals surface area contributed by atoms with E-state index in [1.165, 1.54) is 51.4 Å². The number of rotatable bonds is 4. The molecule has 1 aliphatic carbocycles. The first kappa shape index (κ1) is 12.1. The van der Waals surface area contributed by atoms with Crippen LogP contribution in [0.4, 0.5) is 0 Å². The average Bonchev–Trinajstić information content (AvgIpc) is 2.12. The topological polar surface area (TPSA) is 0 Å². The quantitative estimate of drug-likeness (QED) is 0.581. The molecule has 0 bridgehead atoms. The van der Waals surface area contributed by atoms with Crippen LogP contribution in [-0.4, -0.2) is 0 Å². The van der Waals surface area contributed by atoms with Gasteiger partial charge in [-0.25, -0.2) is 0 Å². The minimum absolute atomic E-state index is 0.630. The molecule has 0 saturated heterocycles. The lowest BCUT2D eigenvalue weighted by atomic mass is 9.62. The van der Waals surface area contributed by atoms with E-state index >= 15 is 0 Å². The minimum Gasteiger partial charge on any atom is -0.0654 e. The van der Waals surface area contributed by atoms with Gasteiger partial charge >= 0.3 is 0 Å². The molecule has 1 rings (SSSR count). The van der Waals surface area contributed by atoms with E-state index in [2.05, 4.69) is 27.7 Å². The summed E-state index contributed by atoms with van der Waals surface area (Å²) in [6, 6.07) is 0. The highest BCUT2D eigenvalue weighted by molar-refractivity contribution is 4.88. The van der Waals surface area contributed by atoms with Crippen LogP contribution in [-0.2, 0) is 0 Å². The average molecular weight is 196 g/mol. The molecule has 0 amide bonds. The molecule has 0 atom stereocenters. The third-order valence-corrected chi connectivity index (χ3v) is 4.22. The molecule has 84 valence electrons. The van der Waals surface area contributed by atoms with Crippen LogP contribution < -0.4 is 0 Å². The monoisotopic (exact) mass is 196 g/mol. The Balaban J connectivity index is 2.54. The van der Waals surface area contributed by atoms with Crippen molar-refractivity contribution in [2.45, 2.75) is 79.1 Å². The molecule has 1 fully saturated rings. The third-order valence-electron chi connectivity index (χ3n) is 4.22. The zero-order valence-electron chi connectivity index (χ0n) is 10.7. The van der Waals surface area contributed by atoms with Crippen LogP contribution in [0.25, 0.3) is 0 Å². The summed E-state index contributed by atoms with van der Waals surface area (Å²) in [5, 5.41) is 0. The molecular weight excluding hydrogens is 168 g/mol. The molecule has 0 N–H and O–H groups in total. The van der Waals surface area contributed by atoms with Gasteiger partial charge in [-0.15, -0.1) is 0 Å². The Morgan fingerprint density at radius 1 is 0.786 bits per heavy atom. The zero-order chi connectivity index (χ0) is 10.7. The molecule has 0 radical (unpaired) electrons. The van der Waals surface area contributed by atoms with Crippen molar-refractivity contribution in [1.29, 1.82) is 0 Å². The smallest absolute Gasteiger partial charge is 0.0297 e. The van der Waals surface area contributed by atoms with Crippen LogP contribution in [0.3, 0.4) is 0 Å². The second-order valence-corrected chi connectivity index (χ2v) is 6.16. The highest BCUT2D eigenvalue weighted by atomic mass is 14.4. The summed E-state index contributed by atoms with van der Waals surface area (Å²) in [5.74, 6) is 0. The lowest BCUT2D eigenvalue weighted by molar-refractivity contribution is 0.0821. The van der Waals surface area contributed by atoms with Crippen molar-refractivity contribution in [3.63, 3.8) is 0 Å². The summed E-state index contributed by atoms with van der Waals surface area (Å²) >= 11 is 0. The molecule has 1 aliphatic rings. The van der Waals surface area contributed by atoms with Crippen molar-refractivity contribution < 1.29 is 0 Å². The van der Waals surface area contributed by atoms with Crippen LogP contribution in [0.1, 0.15) is 79.1 Å². The Bertz CT molecular complexity index is 149. The van der Waals surface area contributed by atoms with Crippen molar-refractivity contribution in [1.82, 2.24) is 0 Å². The second-order valence-electron chi connectivity index (χ2n) is 6.16. The second kappa shape index (κ2) is 4.68. The van der Waals surface area contributed by atoms with Crippen molar-refractivity contribution in [2.75, 3.05) is 0 Å². The fourth-order valence-electron chi connectivity index (χ4n) is 3.14. The van der Waals surface area contributed by atoms with Gasteiger partial charge in [-0.2, -0.15) is 0 Å². The summed E-state index contributed by atoms with van der Waals surface area (Å²) < 4.78 is 0. The molecule has 0 unspecified atom stereocenters. The molecule has 0 heteroatoms. The van der Waals surface area contributed by atoms with Gasteiger partial charge < -0.3 is 0 Å². The summed E-state index contributed by atoms with van der Waals surface area (Å²) in [5.41, 5.74) is 1.37. The molecule has 0 heterocycles. The standard InChI is InChI=1S/C14H28/c1-5-7-14(8-6-2)11-9-13(3,4)10-12-14/h5-12H2,1-4H3. The Labute approximate surface area is 90.5 Å². The lowest BCUT2D eigenvalue weighted by Gasteiger charge is -2.44. The molecule has 0 aromatic rings. The Morgan fingerprint density at radius 3 is 1.57 bits per heavy atom. The Morgan fingerprint density at radius 2 is 1.21 bits per heavy atom. The first-order valence-corrected chi connectivity index (χ1v) is 6.54. The van der Waals surface area contributed by atoms with Crippen molar-refractivity contribution in [3.8, 4) is 0 Å². The SMILES string of the molecule is CCCC1(CCC)CCC(C)(C)CC1. The van der Waals surface area contributed by atoms with Gasteiger partial charge in [-0.1, -0.05) is 40.5 Å². The van der Waals surface area contributed by atoms with Gasteiger partial charge in [0.15, 0.2) is 0 Å². The molecule has 0 aliphatic heterocycles. The first-order valence-electron chi connectivity index (χ1n) is 6.54. The van der Waals surface area contributed by atoms with Gasteiger partial charge in [0.05, 0.1) is 0 Å². The Hall–Kier alpha value is 0. The largest absolute Gasteiger partial charge is 0.0654 e. The van der Waals surface area contributed by atoms with Crippen LogP contribution in [0.15, 0.2) is 0 Å². The van der Waals surface area contributed by atoms with E-state index in [0.29, 0.717) is 5.41 Å². The lowest BCUT2D eigenvalue weighted by Crippen LogP contribution is -2.31. The Kier molecular flexibility index (Phi) is 4.04. The summed E-state index contributed by atoms with van der Waals surface area (Å²) in [4.78, 5) is 0. The van der Waals surface area contributed by atoms with Crippen LogP contribution in [0.2, 0.25) is 0 Å². The number of hydrogen-bond donors (Lipinski definition) is 0. The maximum atomic E-state index is 2.44. The maximum absolute atomic E-state index is 2.44. The highest BCUT2D eigenvalue weighted by Gasteiger charge is 2.36. The van der Waals surface area contributed by atoms with E-state index in [-0.39, 0.29) is 0 Å². The normalized spacial score (nSPS) is 24.9. The van der Waals surface area contributed by atoms with Crippen LogP contribution >= 0.6 is 0 Å². The van der Waals surface area contributed by atoms with Crippen molar-refractivity contribution >= 4 is 0 Å². The summed E-state index contributed by atoms with van der Waals surface area (Å²) in [6.07, 6.45) is 11.6. The number of hydrogen-bond acceptors (Lipinski definition) is 0. The van der Waals surface area contributed by atoms with Gasteiger partial charge in [0.25, 0.3) is 0 Å². The van der Waals surface area contributed by atoms with Gasteiger partial charge in [-0.05, 0) is 49.4 Å². The molecule has 14 heavy (non-hydrogen) atoms. The van der Waals surface area contributed by atoms with Gasteiger partial charge in [0, 0.05) is 0 Å². The zero-order valence-corrected chi connectivity index (χ0v) is 10.7. The van der Waals surface area contributed by atoms with Crippen molar-refractivity contribution in [3.05, 3.63) is 0 Å². The predicted octanol–water partition coefficient (Wildman–Crippen LogP) is 5.17. The fraction of sp³-hybridized carbons (Fsp3) is 1.00. The maximum Gasteiger partial charge on any atom is -0.0297 e. The molecular formula is C14H28. The van der Waals surface area contributed by atoms with Gasteiger partial charge in [-0.3, -0.25) is 0 Å². The van der Waals surface area contributed by atoms with Crippen molar-refractivity contribution in [2.24, 2.45) is 10.8 Å². The summed E-state index contributed by atoms with van der Waals surface area (Å²) in [7, 11) is 0. The fourth-order valence-corrected chi connectivity index (χ4v) is 3.14. The third kappa shape index (κ3) is 3.00. The van der Waals surface area contributed by atoms with E-state index in [4.69, 9.17) is 0 Å². The predicted molar refractivity (Wildman–Crippen MR) is 64.5 cm³/mol. The molecule has 0 spiro atoms. The van der Waals surface area contributed by atoms with E-state index in [1.807, 2.05) is 0 Å². The molecule has 1 saturated carbocycles. The van der Waals surface area contributed by atoms with E-state index in [9.17, 15) is 0 Å². The van der Waals surface area contributed by atoms with E-state index in [0.717, 1.165) is 5.41 Å². The molecule has 0 aromatic carbocycles. The molecule has 0 aromatic heterocycles. The first-order chi connectivity index (χ1) is 6.54.